The van der Waals surface area contributed by atoms with Crippen LogP contribution in [0.3, 0.4) is 0 Å². The second kappa shape index (κ2) is 4.18. The summed E-state index contributed by atoms with van der Waals surface area (Å²) in [6.07, 6.45) is 2.21. The molecule has 92 valence electrons. The summed E-state index contributed by atoms with van der Waals surface area (Å²) >= 11 is 3.45. The highest BCUT2D eigenvalue weighted by Crippen LogP contribution is 2.45. The van der Waals surface area contributed by atoms with Crippen LogP contribution in [-0.2, 0) is 0 Å². The first-order valence-corrected chi connectivity index (χ1v) is 6.85. The fraction of sp³-hybridized carbons (Fsp3) is 0.538. The highest BCUT2D eigenvalue weighted by molar-refractivity contribution is 9.10. The molecule has 1 aromatic carbocycles. The molecule has 0 aliphatic carbocycles. The molecule has 17 heavy (non-hydrogen) atoms. The van der Waals surface area contributed by atoms with Crippen molar-refractivity contribution in [2.24, 2.45) is 5.92 Å². The fourth-order valence-electron chi connectivity index (χ4n) is 2.62. The summed E-state index contributed by atoms with van der Waals surface area (Å²) in [7, 11) is 0. The monoisotopic (exact) mass is 297 g/mol. The van der Waals surface area contributed by atoms with Gasteiger partial charge < -0.3 is 14.8 Å². The van der Waals surface area contributed by atoms with Crippen molar-refractivity contribution in [1.82, 2.24) is 5.32 Å². The number of piperidine rings is 1. The Balaban J connectivity index is 1.83. The van der Waals surface area contributed by atoms with Crippen LogP contribution in [-0.4, -0.2) is 18.9 Å². The van der Waals surface area contributed by atoms with Crippen molar-refractivity contribution >= 4 is 15.9 Å². The Labute approximate surface area is 110 Å². The summed E-state index contributed by atoms with van der Waals surface area (Å²) in [5.41, 5.74) is 0. The molecular weight excluding hydrogens is 282 g/mol. The highest BCUT2D eigenvalue weighted by atomic mass is 79.9. The summed E-state index contributed by atoms with van der Waals surface area (Å²) in [5, 5.41) is 3.37. The van der Waals surface area contributed by atoms with Crippen LogP contribution >= 0.6 is 15.9 Å². The SMILES string of the molecule is CC1(C2CCNCC2)Oc2ccc(Br)cc2O1. The van der Waals surface area contributed by atoms with Crippen molar-refractivity contribution in [2.45, 2.75) is 25.6 Å². The number of halogens is 1. The molecule has 4 heteroatoms. The predicted molar refractivity (Wildman–Crippen MR) is 69.4 cm³/mol. The number of nitrogens with one attached hydrogen (secondary N) is 1. The van der Waals surface area contributed by atoms with Crippen LogP contribution in [0.5, 0.6) is 11.5 Å². The third kappa shape index (κ3) is 2.04. The predicted octanol–water partition coefficient (Wildman–Crippen LogP) is 2.94. The smallest absolute Gasteiger partial charge is 0.251 e. The van der Waals surface area contributed by atoms with Crippen molar-refractivity contribution in [2.75, 3.05) is 13.1 Å². The summed E-state index contributed by atoms with van der Waals surface area (Å²) in [4.78, 5) is 0. The molecule has 1 aromatic rings. The molecule has 2 aliphatic heterocycles. The molecule has 1 unspecified atom stereocenters. The molecule has 0 bridgehead atoms. The van der Waals surface area contributed by atoms with Gasteiger partial charge in [0.2, 0.25) is 0 Å². The topological polar surface area (TPSA) is 30.5 Å². The molecule has 3 rings (SSSR count). The maximum atomic E-state index is 6.03. The van der Waals surface area contributed by atoms with Crippen molar-refractivity contribution in [3.63, 3.8) is 0 Å². The second-order valence-electron chi connectivity index (χ2n) is 4.84. The van der Waals surface area contributed by atoms with Crippen molar-refractivity contribution in [3.8, 4) is 11.5 Å². The molecule has 1 saturated heterocycles. The lowest BCUT2D eigenvalue weighted by molar-refractivity contribution is -0.117. The lowest BCUT2D eigenvalue weighted by Crippen LogP contribution is -2.47. The Morgan fingerprint density at radius 3 is 2.71 bits per heavy atom. The van der Waals surface area contributed by atoms with E-state index in [1.807, 2.05) is 18.2 Å². The summed E-state index contributed by atoms with van der Waals surface area (Å²) in [5.74, 6) is 1.66. The van der Waals surface area contributed by atoms with E-state index in [4.69, 9.17) is 9.47 Å². The quantitative estimate of drug-likeness (QED) is 0.864. The Bertz CT molecular complexity index is 431. The molecule has 2 aliphatic rings. The zero-order chi connectivity index (χ0) is 11.9. The van der Waals surface area contributed by atoms with E-state index in [0.717, 1.165) is 41.9 Å². The molecule has 0 saturated carbocycles. The first-order chi connectivity index (χ1) is 8.17. The fourth-order valence-corrected chi connectivity index (χ4v) is 2.96. The Morgan fingerprint density at radius 2 is 1.94 bits per heavy atom. The van der Waals surface area contributed by atoms with E-state index < -0.39 is 5.79 Å². The van der Waals surface area contributed by atoms with E-state index in [0.29, 0.717) is 5.92 Å². The molecule has 3 nitrogen and oxygen atoms in total. The molecule has 2 heterocycles. The van der Waals surface area contributed by atoms with Crippen LogP contribution in [0.25, 0.3) is 0 Å². The third-order valence-electron chi connectivity index (χ3n) is 3.61. The molecule has 1 fully saturated rings. The van der Waals surface area contributed by atoms with Gasteiger partial charge in [0.15, 0.2) is 11.5 Å². The van der Waals surface area contributed by atoms with Gasteiger partial charge in [0.1, 0.15) is 0 Å². The molecule has 0 spiro atoms. The lowest BCUT2D eigenvalue weighted by Gasteiger charge is -2.34. The summed E-state index contributed by atoms with van der Waals surface area (Å²) in [6, 6.07) is 5.92. The van der Waals surface area contributed by atoms with Crippen molar-refractivity contribution < 1.29 is 9.47 Å². The number of hydrogen-bond acceptors (Lipinski definition) is 3. The molecule has 0 radical (unpaired) electrons. The van der Waals surface area contributed by atoms with Gasteiger partial charge in [-0.05, 0) is 44.1 Å². The first kappa shape index (κ1) is 11.4. The Hall–Kier alpha value is -0.740. The van der Waals surface area contributed by atoms with Crippen LogP contribution in [0, 0.1) is 5.92 Å². The van der Waals surface area contributed by atoms with Gasteiger partial charge in [0.25, 0.3) is 5.79 Å². The lowest BCUT2D eigenvalue weighted by atomic mass is 9.90. The normalized spacial score (nSPS) is 28.4. The van der Waals surface area contributed by atoms with Crippen molar-refractivity contribution in [3.05, 3.63) is 22.7 Å². The molecule has 0 amide bonds. The molecular formula is C13H16BrNO2. The summed E-state index contributed by atoms with van der Waals surface area (Å²) < 4.78 is 13.1. The number of rotatable bonds is 1. The third-order valence-corrected chi connectivity index (χ3v) is 4.10. The van der Waals surface area contributed by atoms with E-state index in [1.54, 1.807) is 0 Å². The molecule has 0 aromatic heterocycles. The zero-order valence-corrected chi connectivity index (χ0v) is 11.4. The Kier molecular flexibility index (Phi) is 2.79. The van der Waals surface area contributed by atoms with Gasteiger partial charge in [-0.2, -0.15) is 0 Å². The molecule has 1 N–H and O–H groups in total. The average Bonchev–Trinajstić information content (AvgIpc) is 2.67. The zero-order valence-electron chi connectivity index (χ0n) is 9.83. The van der Waals surface area contributed by atoms with Crippen molar-refractivity contribution in [1.29, 1.82) is 0 Å². The number of benzene rings is 1. The van der Waals surface area contributed by atoms with Gasteiger partial charge in [-0.1, -0.05) is 15.9 Å². The van der Waals surface area contributed by atoms with E-state index in [9.17, 15) is 0 Å². The van der Waals surface area contributed by atoms with Gasteiger partial charge in [-0.3, -0.25) is 0 Å². The number of fused-ring (bicyclic) bond motifs is 1. The minimum atomic E-state index is -0.495. The Morgan fingerprint density at radius 1 is 1.24 bits per heavy atom. The van der Waals surface area contributed by atoms with E-state index in [-0.39, 0.29) is 0 Å². The van der Waals surface area contributed by atoms with E-state index >= 15 is 0 Å². The first-order valence-electron chi connectivity index (χ1n) is 6.06. The van der Waals surface area contributed by atoms with E-state index in [1.165, 1.54) is 0 Å². The van der Waals surface area contributed by atoms with Gasteiger partial charge in [-0.15, -0.1) is 0 Å². The summed E-state index contributed by atoms with van der Waals surface area (Å²) in [6.45, 7) is 4.15. The standard InChI is InChI=1S/C13H16BrNO2/c1-13(9-4-6-15-7-5-9)16-11-3-2-10(14)8-12(11)17-13/h2-3,8-9,15H,4-7H2,1H3. The average molecular weight is 298 g/mol. The van der Waals surface area contributed by atoms with Gasteiger partial charge in [-0.25, -0.2) is 0 Å². The van der Waals surface area contributed by atoms with Crippen LogP contribution in [0.4, 0.5) is 0 Å². The van der Waals surface area contributed by atoms with E-state index in [2.05, 4.69) is 28.2 Å². The largest absolute Gasteiger partial charge is 0.448 e. The highest BCUT2D eigenvalue weighted by Gasteiger charge is 2.44. The van der Waals surface area contributed by atoms with Gasteiger partial charge in [0, 0.05) is 17.3 Å². The maximum Gasteiger partial charge on any atom is 0.251 e. The van der Waals surface area contributed by atoms with Gasteiger partial charge >= 0.3 is 0 Å². The van der Waals surface area contributed by atoms with Crippen LogP contribution in [0.2, 0.25) is 0 Å². The number of ether oxygens (including phenoxy) is 2. The van der Waals surface area contributed by atoms with Crippen LogP contribution < -0.4 is 14.8 Å². The minimum Gasteiger partial charge on any atom is -0.448 e. The molecule has 1 atom stereocenters. The van der Waals surface area contributed by atoms with Crippen LogP contribution in [0.15, 0.2) is 22.7 Å². The minimum absolute atomic E-state index is 0.454. The number of hydrogen-bond donors (Lipinski definition) is 1. The van der Waals surface area contributed by atoms with Gasteiger partial charge in [0.05, 0.1) is 0 Å². The maximum absolute atomic E-state index is 6.03. The second-order valence-corrected chi connectivity index (χ2v) is 5.75. The van der Waals surface area contributed by atoms with Crippen LogP contribution in [0.1, 0.15) is 19.8 Å².